The van der Waals surface area contributed by atoms with Gasteiger partial charge in [0.15, 0.2) is 5.58 Å². The van der Waals surface area contributed by atoms with Crippen molar-refractivity contribution in [2.24, 2.45) is 7.05 Å². The van der Waals surface area contributed by atoms with E-state index in [0.29, 0.717) is 17.5 Å². The van der Waals surface area contributed by atoms with E-state index < -0.39 is 5.76 Å². The summed E-state index contributed by atoms with van der Waals surface area (Å²) in [6.07, 6.45) is 0.482. The van der Waals surface area contributed by atoms with Crippen LogP contribution in [0.25, 0.3) is 11.1 Å². The van der Waals surface area contributed by atoms with E-state index in [-0.39, 0.29) is 19.3 Å². The summed E-state index contributed by atoms with van der Waals surface area (Å²) in [6, 6.07) is 5.23. The number of oxazole rings is 1. The van der Waals surface area contributed by atoms with Crippen LogP contribution in [-0.2, 0) is 7.05 Å². The van der Waals surface area contributed by atoms with Crippen LogP contribution in [0.15, 0.2) is 27.4 Å². The molecule has 0 aliphatic carbocycles. The smallest absolute Gasteiger partial charge is 0.408 e. The molecule has 0 saturated carbocycles. The quantitative estimate of drug-likeness (QED) is 0.814. The molecule has 1 atom stereocenters. The summed E-state index contributed by atoms with van der Waals surface area (Å²) < 4.78 is 6.50. The Morgan fingerprint density at radius 3 is 2.79 bits per heavy atom. The molecular weight excluding hydrogens is 248 g/mol. The van der Waals surface area contributed by atoms with Gasteiger partial charge in [0, 0.05) is 26.4 Å². The molecule has 2 N–H and O–H groups in total. The Morgan fingerprint density at radius 1 is 1.42 bits per heavy atom. The van der Waals surface area contributed by atoms with Gasteiger partial charge in [-0.25, -0.2) is 4.79 Å². The maximum absolute atomic E-state index is 11.4. The van der Waals surface area contributed by atoms with Gasteiger partial charge >= 0.3 is 5.76 Å². The third-order valence-corrected chi connectivity index (χ3v) is 3.40. The average molecular weight is 266 g/mol. The zero-order valence-electron chi connectivity index (χ0n) is 11.0. The average Bonchev–Trinajstić information content (AvgIpc) is 2.70. The molecule has 2 aromatic rings. The number of hydrogen-bond acceptors (Lipinski definition) is 5. The minimum Gasteiger partial charge on any atom is -0.408 e. The second kappa shape index (κ2) is 5.46. The fourth-order valence-electron chi connectivity index (χ4n) is 2.10. The Labute approximate surface area is 110 Å². The number of anilines is 1. The van der Waals surface area contributed by atoms with Gasteiger partial charge in [0.2, 0.25) is 0 Å². The normalized spacial score (nSPS) is 12.8. The van der Waals surface area contributed by atoms with Gasteiger partial charge in [-0.3, -0.25) is 4.57 Å². The van der Waals surface area contributed by atoms with Crippen LogP contribution in [0.1, 0.15) is 6.42 Å². The Kier molecular flexibility index (Phi) is 3.92. The Balaban J connectivity index is 2.39. The van der Waals surface area contributed by atoms with E-state index in [1.54, 1.807) is 13.1 Å². The van der Waals surface area contributed by atoms with Crippen molar-refractivity contribution in [1.29, 1.82) is 0 Å². The van der Waals surface area contributed by atoms with Crippen molar-refractivity contribution in [2.75, 3.05) is 25.2 Å². The molecular formula is C13H18N2O4. The van der Waals surface area contributed by atoms with Gasteiger partial charge < -0.3 is 19.5 Å². The van der Waals surface area contributed by atoms with Crippen molar-refractivity contribution in [2.45, 2.75) is 12.5 Å². The topological polar surface area (TPSA) is 78.8 Å². The summed E-state index contributed by atoms with van der Waals surface area (Å²) in [5.41, 5.74) is 2.10. The summed E-state index contributed by atoms with van der Waals surface area (Å²) in [5.74, 6) is -0.399. The molecule has 0 fully saturated rings. The predicted octanol–water partition coefficient (Wildman–Crippen LogP) is 0.311. The van der Waals surface area contributed by atoms with Crippen molar-refractivity contribution in [1.82, 2.24) is 4.57 Å². The second-order valence-corrected chi connectivity index (χ2v) is 4.54. The number of fused-ring (bicyclic) bond motifs is 1. The SMILES string of the molecule is CN(c1ccc2oc(=O)n(C)c2c1)C(CO)CCO. The van der Waals surface area contributed by atoms with Crippen molar-refractivity contribution < 1.29 is 14.6 Å². The first-order valence-electron chi connectivity index (χ1n) is 6.12. The number of aromatic nitrogens is 1. The third kappa shape index (κ3) is 2.50. The van der Waals surface area contributed by atoms with E-state index in [2.05, 4.69) is 0 Å². The number of aryl methyl sites for hydroxylation is 1. The van der Waals surface area contributed by atoms with Crippen molar-refractivity contribution in [3.8, 4) is 0 Å². The molecule has 1 unspecified atom stereocenters. The number of aliphatic hydroxyl groups is 2. The summed E-state index contributed by atoms with van der Waals surface area (Å²) in [4.78, 5) is 13.3. The first-order valence-corrected chi connectivity index (χ1v) is 6.12. The van der Waals surface area contributed by atoms with Crippen LogP contribution in [-0.4, -0.2) is 41.1 Å². The zero-order chi connectivity index (χ0) is 14.0. The van der Waals surface area contributed by atoms with E-state index in [1.807, 2.05) is 24.1 Å². The number of hydrogen-bond donors (Lipinski definition) is 2. The highest BCUT2D eigenvalue weighted by Crippen LogP contribution is 2.22. The highest BCUT2D eigenvalue weighted by atomic mass is 16.4. The number of benzene rings is 1. The Bertz CT molecular complexity index is 617. The van der Waals surface area contributed by atoms with Crippen molar-refractivity contribution in [3.63, 3.8) is 0 Å². The van der Waals surface area contributed by atoms with E-state index >= 15 is 0 Å². The van der Waals surface area contributed by atoms with Crippen LogP contribution in [0, 0.1) is 0 Å². The molecule has 2 rings (SSSR count). The molecule has 6 heteroatoms. The van der Waals surface area contributed by atoms with E-state index in [1.165, 1.54) is 4.57 Å². The molecule has 0 spiro atoms. The van der Waals surface area contributed by atoms with E-state index in [0.717, 1.165) is 5.69 Å². The molecule has 1 aromatic carbocycles. The van der Waals surface area contributed by atoms with Gasteiger partial charge in [-0.15, -0.1) is 0 Å². The minimum absolute atomic E-state index is 0.0159. The predicted molar refractivity (Wildman–Crippen MR) is 72.4 cm³/mol. The Hall–Kier alpha value is -1.79. The summed E-state index contributed by atoms with van der Waals surface area (Å²) in [7, 11) is 3.49. The zero-order valence-corrected chi connectivity index (χ0v) is 11.0. The summed E-state index contributed by atoms with van der Waals surface area (Å²) >= 11 is 0. The maximum Gasteiger partial charge on any atom is 0.419 e. The maximum atomic E-state index is 11.4. The van der Waals surface area contributed by atoms with E-state index in [9.17, 15) is 9.90 Å². The molecule has 0 amide bonds. The first kappa shape index (κ1) is 13.6. The van der Waals surface area contributed by atoms with Crippen LogP contribution >= 0.6 is 0 Å². The van der Waals surface area contributed by atoms with Gasteiger partial charge in [0.05, 0.1) is 18.2 Å². The lowest BCUT2D eigenvalue weighted by atomic mass is 10.1. The molecule has 19 heavy (non-hydrogen) atoms. The molecule has 0 saturated heterocycles. The van der Waals surface area contributed by atoms with Gasteiger partial charge in [0.25, 0.3) is 0 Å². The number of nitrogens with zero attached hydrogens (tertiary/aromatic N) is 2. The fourth-order valence-corrected chi connectivity index (χ4v) is 2.10. The molecule has 104 valence electrons. The lowest BCUT2D eigenvalue weighted by Gasteiger charge is -2.28. The van der Waals surface area contributed by atoms with E-state index in [4.69, 9.17) is 9.52 Å². The van der Waals surface area contributed by atoms with Crippen LogP contribution in [0.2, 0.25) is 0 Å². The standard InChI is InChI=1S/C13H18N2O4/c1-14(10(8-17)5-6-16)9-3-4-12-11(7-9)15(2)13(18)19-12/h3-4,7,10,16-17H,5-6,8H2,1-2H3. The monoisotopic (exact) mass is 266 g/mol. The Morgan fingerprint density at radius 2 is 2.16 bits per heavy atom. The molecule has 1 heterocycles. The second-order valence-electron chi connectivity index (χ2n) is 4.54. The molecule has 0 aliphatic heterocycles. The van der Waals surface area contributed by atoms with Crippen molar-refractivity contribution in [3.05, 3.63) is 28.7 Å². The summed E-state index contributed by atoms with van der Waals surface area (Å²) in [6.45, 7) is -0.0264. The van der Waals surface area contributed by atoms with Gasteiger partial charge in [-0.2, -0.15) is 0 Å². The highest BCUT2D eigenvalue weighted by molar-refractivity contribution is 5.78. The lowest BCUT2D eigenvalue weighted by Crippen LogP contribution is -2.35. The van der Waals surface area contributed by atoms with Crippen LogP contribution in [0.4, 0.5) is 5.69 Å². The summed E-state index contributed by atoms with van der Waals surface area (Å²) in [5, 5.41) is 18.3. The van der Waals surface area contributed by atoms with Gasteiger partial charge in [-0.05, 0) is 24.6 Å². The molecule has 0 bridgehead atoms. The largest absolute Gasteiger partial charge is 0.419 e. The molecule has 0 radical (unpaired) electrons. The van der Waals surface area contributed by atoms with Crippen LogP contribution in [0.5, 0.6) is 0 Å². The third-order valence-electron chi connectivity index (χ3n) is 3.40. The number of aliphatic hydroxyl groups excluding tert-OH is 2. The van der Waals surface area contributed by atoms with Gasteiger partial charge in [0.1, 0.15) is 0 Å². The fraction of sp³-hybridized carbons (Fsp3) is 0.462. The van der Waals surface area contributed by atoms with Crippen LogP contribution in [0.3, 0.4) is 0 Å². The highest BCUT2D eigenvalue weighted by Gasteiger charge is 2.15. The number of rotatable bonds is 5. The van der Waals surface area contributed by atoms with Crippen LogP contribution < -0.4 is 10.7 Å². The molecule has 6 nitrogen and oxygen atoms in total. The minimum atomic E-state index is -0.399. The molecule has 0 aliphatic rings. The lowest BCUT2D eigenvalue weighted by molar-refractivity contribution is 0.218. The first-order chi connectivity index (χ1) is 9.08. The van der Waals surface area contributed by atoms with Gasteiger partial charge in [-0.1, -0.05) is 0 Å². The number of likely N-dealkylation sites (N-methyl/N-ethyl adjacent to an activating group) is 1. The van der Waals surface area contributed by atoms with Crippen molar-refractivity contribution >= 4 is 16.8 Å². The molecule has 1 aromatic heterocycles.